The fourth-order valence-electron chi connectivity index (χ4n) is 8.35. The highest BCUT2D eigenvalue weighted by Crippen LogP contribution is 2.39. The van der Waals surface area contributed by atoms with E-state index in [4.69, 9.17) is 15.0 Å². The van der Waals surface area contributed by atoms with E-state index >= 15 is 0 Å². The van der Waals surface area contributed by atoms with Gasteiger partial charge in [-0.05, 0) is 95.1 Å². The monoisotopic (exact) mass is 798 g/mol. The van der Waals surface area contributed by atoms with Crippen molar-refractivity contribution in [2.24, 2.45) is 0 Å². The molecule has 6 nitrogen and oxygen atoms in total. The van der Waals surface area contributed by atoms with Crippen molar-refractivity contribution in [1.82, 2.24) is 29.9 Å². The molecule has 4 aromatic heterocycles. The van der Waals surface area contributed by atoms with E-state index in [1.165, 1.54) is 12.1 Å². The van der Waals surface area contributed by atoms with Gasteiger partial charge in [-0.25, -0.2) is 15.0 Å². The SMILES string of the molecule is FC(F)(F)c1ccc(-c2nc3cc(-c4c5nc(c(-c6ccccc6)c6ccc([nH]6)c(-c6ccccc6)c6nc(c(-c7ccccc7)c7ccc4[nH]7)C=C6)C=C5)ccc3[nH]2)cc1. The van der Waals surface area contributed by atoms with Crippen LogP contribution in [-0.2, 0) is 6.18 Å². The van der Waals surface area contributed by atoms with Crippen molar-refractivity contribution in [3.05, 3.63) is 186 Å². The van der Waals surface area contributed by atoms with E-state index in [1.54, 1.807) is 0 Å². The summed E-state index contributed by atoms with van der Waals surface area (Å²) in [5.41, 5.74) is 15.7. The molecule has 6 heterocycles. The number of aromatic amines is 3. The fourth-order valence-corrected chi connectivity index (χ4v) is 8.35. The van der Waals surface area contributed by atoms with E-state index in [0.29, 0.717) is 16.9 Å². The third kappa shape index (κ3) is 6.53. The van der Waals surface area contributed by atoms with Crippen LogP contribution < -0.4 is 0 Å². The minimum atomic E-state index is -4.42. The second-order valence-corrected chi connectivity index (χ2v) is 15.0. The van der Waals surface area contributed by atoms with Gasteiger partial charge >= 0.3 is 6.18 Å². The summed E-state index contributed by atoms with van der Waals surface area (Å²) in [6.45, 7) is 0. The molecule has 0 radical (unpaired) electrons. The van der Waals surface area contributed by atoms with Gasteiger partial charge in [0.15, 0.2) is 0 Å². The molecule has 0 amide bonds. The third-order valence-corrected chi connectivity index (χ3v) is 11.2. The van der Waals surface area contributed by atoms with Gasteiger partial charge in [-0.3, -0.25) is 0 Å². The minimum absolute atomic E-state index is 0.475. The first-order valence-electron chi connectivity index (χ1n) is 19.8. The lowest BCUT2D eigenvalue weighted by molar-refractivity contribution is -0.137. The summed E-state index contributed by atoms with van der Waals surface area (Å²) in [7, 11) is 0. The normalized spacial score (nSPS) is 12.4. The molecule has 11 rings (SSSR count). The summed E-state index contributed by atoms with van der Waals surface area (Å²) in [4.78, 5) is 26.5. The van der Waals surface area contributed by atoms with E-state index in [9.17, 15) is 13.2 Å². The largest absolute Gasteiger partial charge is 0.416 e. The van der Waals surface area contributed by atoms with Crippen molar-refractivity contribution >= 4 is 57.4 Å². The quantitative estimate of drug-likeness (QED) is 0.162. The Labute approximate surface area is 347 Å². The van der Waals surface area contributed by atoms with Crippen molar-refractivity contribution in [3.63, 3.8) is 0 Å². The van der Waals surface area contributed by atoms with Gasteiger partial charge in [-0.15, -0.1) is 0 Å². The number of benzene rings is 5. The van der Waals surface area contributed by atoms with Crippen LogP contribution in [0.2, 0.25) is 0 Å². The molecule has 61 heavy (non-hydrogen) atoms. The number of nitrogens with zero attached hydrogens (tertiary/aromatic N) is 3. The summed E-state index contributed by atoms with van der Waals surface area (Å²) >= 11 is 0. The number of H-pyrrole nitrogens is 3. The molecule has 0 saturated carbocycles. The molecule has 0 aliphatic carbocycles. The lowest BCUT2D eigenvalue weighted by Crippen LogP contribution is -2.04. The topological polar surface area (TPSA) is 86.0 Å². The molecule has 8 bridgehead atoms. The van der Waals surface area contributed by atoms with Crippen molar-refractivity contribution in [2.45, 2.75) is 6.18 Å². The Hall–Kier alpha value is -8.04. The molecular formula is C52H33F3N6. The van der Waals surface area contributed by atoms with Crippen LogP contribution in [-0.4, -0.2) is 29.9 Å². The zero-order valence-corrected chi connectivity index (χ0v) is 32.3. The Balaban J connectivity index is 1.21. The first kappa shape index (κ1) is 36.1. The Morgan fingerprint density at radius 2 is 0.721 bits per heavy atom. The average molecular weight is 799 g/mol. The summed E-state index contributed by atoms with van der Waals surface area (Å²) in [5, 5.41) is 0. The summed E-state index contributed by atoms with van der Waals surface area (Å²) in [5.74, 6) is 0.475. The zero-order chi connectivity index (χ0) is 41.1. The Kier molecular flexibility index (Phi) is 8.49. The number of nitrogens with one attached hydrogen (secondary N) is 3. The smallest absolute Gasteiger partial charge is 0.354 e. The highest BCUT2D eigenvalue weighted by atomic mass is 19.4. The Morgan fingerprint density at radius 1 is 0.344 bits per heavy atom. The maximum absolute atomic E-state index is 13.3. The van der Waals surface area contributed by atoms with Gasteiger partial charge in [0.05, 0.1) is 39.4 Å². The molecule has 0 fully saturated rings. The molecule has 9 heteroatoms. The van der Waals surface area contributed by atoms with Gasteiger partial charge in [0.25, 0.3) is 0 Å². The minimum Gasteiger partial charge on any atom is -0.354 e. The van der Waals surface area contributed by atoms with Crippen LogP contribution in [0.5, 0.6) is 0 Å². The summed E-state index contributed by atoms with van der Waals surface area (Å²) in [6.07, 6.45) is 3.85. The molecule has 292 valence electrons. The van der Waals surface area contributed by atoms with Gasteiger partial charge < -0.3 is 15.0 Å². The molecule has 9 aromatic rings. The van der Waals surface area contributed by atoms with Crippen LogP contribution >= 0.6 is 0 Å². The molecule has 3 N–H and O–H groups in total. The van der Waals surface area contributed by atoms with Crippen LogP contribution in [0.15, 0.2) is 158 Å². The Bertz CT molecular complexity index is 3340. The molecule has 0 spiro atoms. The number of aromatic nitrogens is 6. The van der Waals surface area contributed by atoms with Crippen molar-refractivity contribution in [2.75, 3.05) is 0 Å². The average Bonchev–Trinajstić information content (AvgIpc) is 4.15. The van der Waals surface area contributed by atoms with Gasteiger partial charge in [-0.1, -0.05) is 109 Å². The van der Waals surface area contributed by atoms with Crippen molar-refractivity contribution < 1.29 is 13.2 Å². The van der Waals surface area contributed by atoms with Crippen LogP contribution in [0.1, 0.15) is 28.3 Å². The Morgan fingerprint density at radius 3 is 1.13 bits per heavy atom. The molecule has 2 aliphatic rings. The highest BCUT2D eigenvalue weighted by Gasteiger charge is 2.30. The third-order valence-electron chi connectivity index (χ3n) is 11.2. The summed E-state index contributed by atoms with van der Waals surface area (Å²) in [6, 6.07) is 50.2. The molecule has 0 atom stereocenters. The van der Waals surface area contributed by atoms with Crippen LogP contribution in [0.4, 0.5) is 13.2 Å². The van der Waals surface area contributed by atoms with E-state index in [-0.39, 0.29) is 0 Å². The predicted molar refractivity (Wildman–Crippen MR) is 241 cm³/mol. The summed E-state index contributed by atoms with van der Waals surface area (Å²) < 4.78 is 40.0. The maximum Gasteiger partial charge on any atom is 0.416 e. The molecule has 5 aromatic carbocycles. The maximum atomic E-state index is 13.3. The number of rotatable bonds is 5. The molecule has 0 unspecified atom stereocenters. The first-order chi connectivity index (χ1) is 29.8. The second-order valence-electron chi connectivity index (χ2n) is 15.0. The van der Waals surface area contributed by atoms with Gasteiger partial charge in [0.2, 0.25) is 0 Å². The molecular weight excluding hydrogens is 766 g/mol. The highest BCUT2D eigenvalue weighted by molar-refractivity contribution is 6.00. The number of hydrogen-bond acceptors (Lipinski definition) is 3. The lowest BCUT2D eigenvalue weighted by atomic mass is 10.0. The van der Waals surface area contributed by atoms with Gasteiger partial charge in [-0.2, -0.15) is 13.2 Å². The van der Waals surface area contributed by atoms with Crippen LogP contribution in [0.3, 0.4) is 0 Å². The number of hydrogen-bond donors (Lipinski definition) is 3. The molecule has 2 aliphatic heterocycles. The van der Waals surface area contributed by atoms with E-state index in [0.717, 1.165) is 107 Å². The number of imidazole rings is 1. The van der Waals surface area contributed by atoms with E-state index in [2.05, 4.69) is 93.8 Å². The number of halogens is 3. The van der Waals surface area contributed by atoms with Gasteiger partial charge in [0, 0.05) is 49.9 Å². The van der Waals surface area contributed by atoms with Crippen molar-refractivity contribution in [1.29, 1.82) is 0 Å². The number of fused-ring (bicyclic) bond motifs is 9. The number of alkyl halides is 3. The van der Waals surface area contributed by atoms with Crippen LogP contribution in [0.25, 0.3) is 113 Å². The molecule has 0 saturated heterocycles. The second kappa shape index (κ2) is 14.4. The van der Waals surface area contributed by atoms with Gasteiger partial charge in [0.1, 0.15) is 5.82 Å². The predicted octanol–water partition coefficient (Wildman–Crippen LogP) is 13.9. The fraction of sp³-hybridized carbons (Fsp3) is 0.0192. The van der Waals surface area contributed by atoms with Crippen molar-refractivity contribution in [3.8, 4) is 55.9 Å². The standard InChI is InChI=1S/C52H33F3N6/c53-52(54,55)36-19-16-34(17-20-36)51-60-37-21-18-35(30-46(37)61-51)50-44-28-26-42(58-44)48(32-12-6-2-7-13-32)40-24-22-38(56-40)47(31-10-4-1-5-11-31)39-23-25-41(57-39)49(33-14-8-3-9-15-33)43-27-29-45(50)59-43/h1-30,56,59H,(H,60,61). The van der Waals surface area contributed by atoms with Crippen LogP contribution in [0, 0.1) is 0 Å². The zero-order valence-electron chi connectivity index (χ0n) is 32.3. The van der Waals surface area contributed by atoms with E-state index in [1.807, 2.05) is 78.9 Å². The van der Waals surface area contributed by atoms with E-state index < -0.39 is 11.7 Å². The lowest BCUT2D eigenvalue weighted by Gasteiger charge is -2.07. The first-order valence-corrected chi connectivity index (χ1v) is 19.8.